The summed E-state index contributed by atoms with van der Waals surface area (Å²) in [5.41, 5.74) is 6.80. The van der Waals surface area contributed by atoms with Crippen molar-refractivity contribution in [2.24, 2.45) is 5.92 Å². The van der Waals surface area contributed by atoms with Crippen LogP contribution >= 0.6 is 0 Å². The van der Waals surface area contributed by atoms with Crippen LogP contribution in [0.3, 0.4) is 0 Å². The van der Waals surface area contributed by atoms with Crippen LogP contribution in [0.15, 0.2) is 4.52 Å². The van der Waals surface area contributed by atoms with Crippen LogP contribution in [0.25, 0.3) is 0 Å². The number of nitrogen functional groups attached to an aromatic ring is 1. The van der Waals surface area contributed by atoms with Gasteiger partial charge in [0.15, 0.2) is 5.82 Å². The number of nitrogens with two attached hydrogens (primary N) is 1. The van der Waals surface area contributed by atoms with Crippen LogP contribution in [0.2, 0.25) is 0 Å². The minimum Gasteiger partial charge on any atom is -0.381 e. The molecule has 13 heavy (non-hydrogen) atoms. The first-order valence-electron chi connectivity index (χ1n) is 5.04. The molecule has 3 heteroatoms. The Balaban J connectivity index is 2.09. The van der Waals surface area contributed by atoms with Gasteiger partial charge in [0.05, 0.1) is 0 Å². The quantitative estimate of drug-likeness (QED) is 0.775. The molecule has 1 saturated carbocycles. The van der Waals surface area contributed by atoms with Crippen molar-refractivity contribution in [3.63, 3.8) is 0 Å². The van der Waals surface area contributed by atoms with E-state index in [0.717, 1.165) is 30.1 Å². The topological polar surface area (TPSA) is 52.0 Å². The Hall–Kier alpha value is -0.990. The summed E-state index contributed by atoms with van der Waals surface area (Å²) in [4.78, 5) is 0. The molecule has 72 valence electrons. The van der Waals surface area contributed by atoms with Gasteiger partial charge in [0, 0.05) is 12.0 Å². The number of hydrogen-bond acceptors (Lipinski definition) is 3. The van der Waals surface area contributed by atoms with Gasteiger partial charge in [-0.25, -0.2) is 0 Å². The predicted molar refractivity (Wildman–Crippen MR) is 51.3 cm³/mol. The highest BCUT2D eigenvalue weighted by Crippen LogP contribution is 2.31. The van der Waals surface area contributed by atoms with Crippen molar-refractivity contribution < 1.29 is 4.52 Å². The normalized spacial score (nSPS) is 17.3. The van der Waals surface area contributed by atoms with Gasteiger partial charge in [-0.05, 0) is 12.3 Å². The molecule has 3 nitrogen and oxygen atoms in total. The molecule has 0 aliphatic heterocycles. The molecule has 0 saturated heterocycles. The van der Waals surface area contributed by atoms with Gasteiger partial charge in [-0.1, -0.05) is 31.3 Å². The SMILES string of the molecule is CCc1c(N)noc1CC1CCC1. The molecule has 1 fully saturated rings. The zero-order valence-electron chi connectivity index (χ0n) is 8.05. The van der Waals surface area contributed by atoms with E-state index >= 15 is 0 Å². The maximum atomic E-state index is 5.68. The Morgan fingerprint density at radius 2 is 2.31 bits per heavy atom. The van der Waals surface area contributed by atoms with E-state index in [-0.39, 0.29) is 0 Å². The maximum Gasteiger partial charge on any atom is 0.170 e. The van der Waals surface area contributed by atoms with Crippen molar-refractivity contribution in [2.75, 3.05) is 5.73 Å². The molecule has 0 atom stereocenters. The van der Waals surface area contributed by atoms with Crippen LogP contribution in [0.4, 0.5) is 5.82 Å². The summed E-state index contributed by atoms with van der Waals surface area (Å²) in [5.74, 6) is 2.42. The first-order chi connectivity index (χ1) is 6.31. The molecular weight excluding hydrogens is 164 g/mol. The lowest BCUT2D eigenvalue weighted by Crippen LogP contribution is -2.14. The molecule has 0 spiro atoms. The number of rotatable bonds is 3. The summed E-state index contributed by atoms with van der Waals surface area (Å²) < 4.78 is 5.22. The van der Waals surface area contributed by atoms with E-state index in [1.807, 2.05) is 0 Å². The highest BCUT2D eigenvalue weighted by molar-refractivity contribution is 5.40. The summed E-state index contributed by atoms with van der Waals surface area (Å²) >= 11 is 0. The third-order valence-electron chi connectivity index (χ3n) is 2.95. The Kier molecular flexibility index (Phi) is 2.25. The lowest BCUT2D eigenvalue weighted by Gasteiger charge is -2.24. The van der Waals surface area contributed by atoms with Gasteiger partial charge in [0.1, 0.15) is 5.76 Å². The van der Waals surface area contributed by atoms with Crippen LogP contribution in [-0.2, 0) is 12.8 Å². The molecule has 1 aliphatic rings. The Bertz CT molecular complexity index is 289. The monoisotopic (exact) mass is 180 g/mol. The third kappa shape index (κ3) is 1.55. The minimum absolute atomic E-state index is 0.580. The summed E-state index contributed by atoms with van der Waals surface area (Å²) in [6.07, 6.45) is 6.01. The second-order valence-electron chi connectivity index (χ2n) is 3.82. The molecule has 0 aromatic carbocycles. The van der Waals surface area contributed by atoms with Crippen molar-refractivity contribution >= 4 is 5.82 Å². The van der Waals surface area contributed by atoms with Crippen LogP contribution in [-0.4, -0.2) is 5.16 Å². The van der Waals surface area contributed by atoms with Gasteiger partial charge in [0.2, 0.25) is 0 Å². The molecule has 0 bridgehead atoms. The Morgan fingerprint density at radius 3 is 2.85 bits per heavy atom. The predicted octanol–water partition coefficient (Wildman–Crippen LogP) is 2.16. The lowest BCUT2D eigenvalue weighted by atomic mass is 9.82. The average Bonchev–Trinajstić information content (AvgIpc) is 2.39. The molecule has 1 aromatic rings. The standard InChI is InChI=1S/C10H16N2O/c1-2-8-9(13-12-10(8)11)6-7-4-3-5-7/h7H,2-6H2,1H3,(H2,11,12). The van der Waals surface area contributed by atoms with Crippen molar-refractivity contribution in [2.45, 2.75) is 39.0 Å². The van der Waals surface area contributed by atoms with E-state index in [0.29, 0.717) is 5.82 Å². The van der Waals surface area contributed by atoms with Gasteiger partial charge in [-0.2, -0.15) is 0 Å². The largest absolute Gasteiger partial charge is 0.381 e. The average molecular weight is 180 g/mol. The number of hydrogen-bond donors (Lipinski definition) is 1. The molecular formula is C10H16N2O. The molecule has 1 aromatic heterocycles. The van der Waals surface area contributed by atoms with Crippen molar-refractivity contribution in [1.29, 1.82) is 0 Å². The highest BCUT2D eigenvalue weighted by Gasteiger charge is 2.22. The van der Waals surface area contributed by atoms with E-state index in [1.54, 1.807) is 0 Å². The van der Waals surface area contributed by atoms with Crippen LogP contribution < -0.4 is 5.73 Å². The van der Waals surface area contributed by atoms with Gasteiger partial charge in [-0.3, -0.25) is 0 Å². The second kappa shape index (κ2) is 3.40. The van der Waals surface area contributed by atoms with E-state index < -0.39 is 0 Å². The molecule has 1 heterocycles. The van der Waals surface area contributed by atoms with Gasteiger partial charge in [-0.15, -0.1) is 0 Å². The zero-order valence-corrected chi connectivity index (χ0v) is 8.05. The van der Waals surface area contributed by atoms with Crippen molar-refractivity contribution in [3.05, 3.63) is 11.3 Å². The summed E-state index contributed by atoms with van der Waals surface area (Å²) in [5, 5.41) is 3.80. The fourth-order valence-corrected chi connectivity index (χ4v) is 1.86. The zero-order chi connectivity index (χ0) is 9.26. The molecule has 1 aliphatic carbocycles. The van der Waals surface area contributed by atoms with Gasteiger partial charge in [0.25, 0.3) is 0 Å². The van der Waals surface area contributed by atoms with Crippen LogP contribution in [0, 0.1) is 5.92 Å². The van der Waals surface area contributed by atoms with Crippen LogP contribution in [0.5, 0.6) is 0 Å². The Labute approximate surface area is 78.3 Å². The Morgan fingerprint density at radius 1 is 1.54 bits per heavy atom. The fourth-order valence-electron chi connectivity index (χ4n) is 1.86. The number of anilines is 1. The van der Waals surface area contributed by atoms with E-state index in [4.69, 9.17) is 10.3 Å². The molecule has 0 radical (unpaired) electrons. The maximum absolute atomic E-state index is 5.68. The first-order valence-corrected chi connectivity index (χ1v) is 5.04. The smallest absolute Gasteiger partial charge is 0.170 e. The number of nitrogens with zero attached hydrogens (tertiary/aromatic N) is 1. The summed E-state index contributed by atoms with van der Waals surface area (Å²) in [7, 11) is 0. The number of aromatic nitrogens is 1. The van der Waals surface area contributed by atoms with Crippen LogP contribution in [0.1, 0.15) is 37.5 Å². The first kappa shape index (κ1) is 8.60. The van der Waals surface area contributed by atoms with Gasteiger partial charge < -0.3 is 10.3 Å². The van der Waals surface area contributed by atoms with E-state index in [9.17, 15) is 0 Å². The van der Waals surface area contributed by atoms with Gasteiger partial charge >= 0.3 is 0 Å². The summed E-state index contributed by atoms with van der Waals surface area (Å²) in [6, 6.07) is 0. The highest BCUT2D eigenvalue weighted by atomic mass is 16.5. The van der Waals surface area contributed by atoms with Crippen molar-refractivity contribution in [3.8, 4) is 0 Å². The van der Waals surface area contributed by atoms with Crippen molar-refractivity contribution in [1.82, 2.24) is 5.16 Å². The molecule has 2 rings (SSSR count). The van der Waals surface area contributed by atoms with E-state index in [2.05, 4.69) is 12.1 Å². The third-order valence-corrected chi connectivity index (χ3v) is 2.95. The van der Waals surface area contributed by atoms with E-state index in [1.165, 1.54) is 19.3 Å². The second-order valence-corrected chi connectivity index (χ2v) is 3.82. The lowest BCUT2D eigenvalue weighted by molar-refractivity contribution is 0.277. The fraction of sp³-hybridized carbons (Fsp3) is 0.700. The molecule has 0 amide bonds. The molecule has 2 N–H and O–H groups in total. The molecule has 0 unspecified atom stereocenters. The summed E-state index contributed by atoms with van der Waals surface area (Å²) in [6.45, 7) is 2.09. The minimum atomic E-state index is 0.580.